The van der Waals surface area contributed by atoms with Crippen molar-refractivity contribution in [2.45, 2.75) is 12.3 Å². The minimum atomic E-state index is -0.645. The van der Waals surface area contributed by atoms with Crippen LogP contribution < -0.4 is 15.5 Å². The Morgan fingerprint density at radius 3 is 2.33 bits per heavy atom. The van der Waals surface area contributed by atoms with E-state index in [1.807, 2.05) is 60.7 Å². The number of nitrogens with one attached hydrogen (secondary N) is 2. The van der Waals surface area contributed by atoms with Gasteiger partial charge in [-0.2, -0.15) is 0 Å². The number of ether oxygens (including phenoxy) is 1. The molecule has 0 aliphatic carbocycles. The molecule has 0 bridgehead atoms. The largest absolute Gasteiger partial charge is 0.423 e. The maximum Gasteiger partial charge on any atom is 0.423 e. The number of fused-ring (bicyclic) bond motifs is 1. The summed E-state index contributed by atoms with van der Waals surface area (Å²) in [5.74, 6) is -0.952. The van der Waals surface area contributed by atoms with E-state index in [9.17, 15) is 9.59 Å². The minimum absolute atomic E-state index is 0.141. The van der Waals surface area contributed by atoms with E-state index in [0.29, 0.717) is 12.2 Å². The molecule has 1 amide bonds. The second kappa shape index (κ2) is 6.07. The molecule has 3 atom stereocenters. The van der Waals surface area contributed by atoms with Crippen LogP contribution in [0.15, 0.2) is 60.7 Å². The Bertz CT molecular complexity index is 751. The molecule has 2 fully saturated rings. The van der Waals surface area contributed by atoms with E-state index in [4.69, 9.17) is 4.74 Å². The zero-order valence-electron chi connectivity index (χ0n) is 12.9. The quantitative estimate of drug-likeness (QED) is 0.653. The predicted molar refractivity (Wildman–Crippen MR) is 88.0 cm³/mol. The van der Waals surface area contributed by atoms with Crippen molar-refractivity contribution >= 4 is 17.7 Å². The van der Waals surface area contributed by atoms with Crippen molar-refractivity contribution in [1.29, 1.82) is 0 Å². The second-order valence-electron chi connectivity index (χ2n) is 5.86. The molecule has 0 spiro atoms. The number of para-hydroxylation sites is 1. The van der Waals surface area contributed by atoms with Crippen LogP contribution >= 0.6 is 0 Å². The molecule has 122 valence electrons. The van der Waals surface area contributed by atoms with Crippen LogP contribution in [0.1, 0.15) is 11.7 Å². The van der Waals surface area contributed by atoms with Gasteiger partial charge in [0.05, 0.1) is 6.17 Å². The highest BCUT2D eigenvalue weighted by Gasteiger charge is 2.47. The van der Waals surface area contributed by atoms with E-state index in [1.54, 1.807) is 0 Å². The predicted octanol–water partition coefficient (Wildman–Crippen LogP) is 2.00. The lowest BCUT2D eigenvalue weighted by molar-refractivity contribution is -0.146. The van der Waals surface area contributed by atoms with Gasteiger partial charge < -0.3 is 4.74 Å². The van der Waals surface area contributed by atoms with Crippen LogP contribution in [0.2, 0.25) is 0 Å². The van der Waals surface area contributed by atoms with Gasteiger partial charge in [-0.3, -0.25) is 20.3 Å². The standard InChI is InChI=1S/C18H17N3O3/c22-17-14-11-19-15(12-7-3-1-4-8-12)20-16(14)21(18(23)24-17)13-9-5-2-6-10-13/h1-10,14-16,19-20H,11H2. The van der Waals surface area contributed by atoms with E-state index in [-0.39, 0.29) is 6.17 Å². The van der Waals surface area contributed by atoms with Gasteiger partial charge in [-0.25, -0.2) is 4.79 Å². The third-order valence-corrected chi connectivity index (χ3v) is 4.39. The summed E-state index contributed by atoms with van der Waals surface area (Å²) in [7, 11) is 0. The molecule has 0 radical (unpaired) electrons. The summed E-state index contributed by atoms with van der Waals surface area (Å²) in [4.78, 5) is 26.0. The van der Waals surface area contributed by atoms with Crippen molar-refractivity contribution in [1.82, 2.24) is 10.6 Å². The molecular weight excluding hydrogens is 306 g/mol. The van der Waals surface area contributed by atoms with E-state index >= 15 is 0 Å². The monoisotopic (exact) mass is 323 g/mol. The van der Waals surface area contributed by atoms with Crippen LogP contribution in [0.5, 0.6) is 0 Å². The van der Waals surface area contributed by atoms with Gasteiger partial charge in [0.15, 0.2) is 0 Å². The smallest absolute Gasteiger partial charge is 0.375 e. The van der Waals surface area contributed by atoms with Gasteiger partial charge in [0, 0.05) is 12.2 Å². The van der Waals surface area contributed by atoms with Crippen LogP contribution in [0.3, 0.4) is 0 Å². The molecule has 0 saturated carbocycles. The zero-order chi connectivity index (χ0) is 16.5. The number of hydrogen-bond acceptors (Lipinski definition) is 5. The Morgan fingerprint density at radius 1 is 0.958 bits per heavy atom. The van der Waals surface area contributed by atoms with Crippen LogP contribution in [0, 0.1) is 5.92 Å². The number of hydrogen-bond donors (Lipinski definition) is 2. The molecule has 6 heteroatoms. The van der Waals surface area contributed by atoms with Gasteiger partial charge in [-0.05, 0) is 17.7 Å². The number of cyclic esters (lactones) is 2. The first kappa shape index (κ1) is 14.9. The summed E-state index contributed by atoms with van der Waals surface area (Å²) < 4.78 is 4.93. The average molecular weight is 323 g/mol. The van der Waals surface area contributed by atoms with E-state index in [0.717, 1.165) is 5.56 Å². The second-order valence-corrected chi connectivity index (χ2v) is 5.86. The Kier molecular flexibility index (Phi) is 3.76. The highest BCUT2D eigenvalue weighted by atomic mass is 16.6. The number of carbonyl (C=O) groups excluding carboxylic acids is 2. The number of carbonyl (C=O) groups is 2. The maximum absolute atomic E-state index is 12.3. The van der Waals surface area contributed by atoms with Crippen molar-refractivity contribution in [2.24, 2.45) is 5.92 Å². The number of benzene rings is 2. The van der Waals surface area contributed by atoms with Gasteiger partial charge in [0.1, 0.15) is 12.1 Å². The molecule has 3 unspecified atom stereocenters. The maximum atomic E-state index is 12.3. The van der Waals surface area contributed by atoms with Crippen molar-refractivity contribution in [3.63, 3.8) is 0 Å². The first-order valence-corrected chi connectivity index (χ1v) is 7.88. The molecule has 0 aromatic heterocycles. The number of nitrogens with zero attached hydrogens (tertiary/aromatic N) is 1. The summed E-state index contributed by atoms with van der Waals surface area (Å²) in [5, 5.41) is 6.68. The molecule has 2 heterocycles. The fraction of sp³-hybridized carbons (Fsp3) is 0.222. The molecule has 6 nitrogen and oxygen atoms in total. The number of rotatable bonds is 2. The van der Waals surface area contributed by atoms with E-state index in [2.05, 4.69) is 10.6 Å². The summed E-state index contributed by atoms with van der Waals surface area (Å²) >= 11 is 0. The summed E-state index contributed by atoms with van der Waals surface area (Å²) in [6, 6.07) is 19.1. The summed E-state index contributed by atoms with van der Waals surface area (Å²) in [6.45, 7) is 0.437. The van der Waals surface area contributed by atoms with Crippen LogP contribution in [-0.2, 0) is 9.53 Å². The fourth-order valence-corrected chi connectivity index (χ4v) is 3.21. The third kappa shape index (κ3) is 2.55. The first-order chi connectivity index (χ1) is 11.7. The van der Waals surface area contributed by atoms with Crippen molar-refractivity contribution in [3.8, 4) is 0 Å². The Morgan fingerprint density at radius 2 is 1.62 bits per heavy atom. The minimum Gasteiger partial charge on any atom is -0.375 e. The molecule has 4 rings (SSSR count). The highest BCUT2D eigenvalue weighted by Crippen LogP contribution is 2.29. The third-order valence-electron chi connectivity index (χ3n) is 4.39. The molecular formula is C18H17N3O3. The molecule has 2 aromatic rings. The molecule has 2 aromatic carbocycles. The molecule has 2 aliphatic rings. The summed E-state index contributed by atoms with van der Waals surface area (Å²) in [6.07, 6.45) is -1.24. The van der Waals surface area contributed by atoms with Gasteiger partial charge in [-0.15, -0.1) is 0 Å². The lowest BCUT2D eigenvalue weighted by Crippen LogP contribution is -2.67. The van der Waals surface area contributed by atoms with Gasteiger partial charge in [0.2, 0.25) is 0 Å². The molecule has 2 N–H and O–H groups in total. The highest BCUT2D eigenvalue weighted by molar-refractivity contribution is 6.00. The SMILES string of the molecule is O=C1OC(=O)N(c2ccccc2)C2NC(c3ccccc3)NCC12. The zero-order valence-corrected chi connectivity index (χ0v) is 12.9. The van der Waals surface area contributed by atoms with Crippen LogP contribution in [0.4, 0.5) is 10.5 Å². The Balaban J connectivity index is 1.67. The number of anilines is 1. The van der Waals surface area contributed by atoms with Crippen molar-refractivity contribution in [3.05, 3.63) is 66.2 Å². The lowest BCUT2D eigenvalue weighted by atomic mass is 9.98. The van der Waals surface area contributed by atoms with Gasteiger partial charge in [-0.1, -0.05) is 48.5 Å². The van der Waals surface area contributed by atoms with E-state index in [1.165, 1.54) is 4.90 Å². The Hall–Kier alpha value is -2.70. The van der Waals surface area contributed by atoms with Gasteiger partial charge >= 0.3 is 12.1 Å². The van der Waals surface area contributed by atoms with Crippen molar-refractivity contribution < 1.29 is 14.3 Å². The molecule has 2 aliphatic heterocycles. The molecule has 2 saturated heterocycles. The number of esters is 1. The van der Waals surface area contributed by atoms with Gasteiger partial charge in [0.25, 0.3) is 0 Å². The number of amides is 1. The summed E-state index contributed by atoms with van der Waals surface area (Å²) in [5.41, 5.74) is 1.75. The Labute approximate surface area is 139 Å². The van der Waals surface area contributed by atoms with Crippen LogP contribution in [0.25, 0.3) is 0 Å². The normalized spacial score (nSPS) is 26.7. The topological polar surface area (TPSA) is 70.7 Å². The average Bonchev–Trinajstić information content (AvgIpc) is 2.63. The fourth-order valence-electron chi connectivity index (χ4n) is 3.21. The van der Waals surface area contributed by atoms with E-state index < -0.39 is 24.1 Å². The molecule has 24 heavy (non-hydrogen) atoms. The lowest BCUT2D eigenvalue weighted by Gasteiger charge is -2.45. The van der Waals surface area contributed by atoms with Crippen molar-refractivity contribution in [2.75, 3.05) is 11.4 Å². The first-order valence-electron chi connectivity index (χ1n) is 7.88. The van der Waals surface area contributed by atoms with Crippen LogP contribution in [-0.4, -0.2) is 24.8 Å².